The molecule has 1 aliphatic carbocycles. The van der Waals surface area contributed by atoms with Crippen LogP contribution in [-0.2, 0) is 6.54 Å². The smallest absolute Gasteiger partial charge is 0.291 e. The SMILES string of the molecule is Nc1n[nH]c(C(=O)N(Cc2cccs2)C2CC2)n1. The van der Waals surface area contributed by atoms with Crippen molar-refractivity contribution in [3.05, 3.63) is 28.2 Å². The van der Waals surface area contributed by atoms with E-state index in [0.717, 1.165) is 12.8 Å². The summed E-state index contributed by atoms with van der Waals surface area (Å²) in [5.41, 5.74) is 5.42. The fourth-order valence-corrected chi connectivity index (χ4v) is 2.53. The molecule has 0 bridgehead atoms. The van der Waals surface area contributed by atoms with Gasteiger partial charge in [-0.1, -0.05) is 6.07 Å². The van der Waals surface area contributed by atoms with Crippen molar-refractivity contribution in [3.63, 3.8) is 0 Å². The minimum Gasteiger partial charge on any atom is -0.366 e. The normalized spacial score (nSPS) is 14.7. The van der Waals surface area contributed by atoms with E-state index in [1.165, 1.54) is 4.88 Å². The number of anilines is 1. The highest BCUT2D eigenvalue weighted by Gasteiger charge is 2.34. The number of hydrogen-bond acceptors (Lipinski definition) is 5. The molecule has 0 unspecified atom stereocenters. The molecule has 0 radical (unpaired) electrons. The van der Waals surface area contributed by atoms with Crippen LogP contribution in [0.2, 0.25) is 0 Å². The van der Waals surface area contributed by atoms with Gasteiger partial charge in [0.1, 0.15) is 0 Å². The first-order valence-corrected chi connectivity index (χ1v) is 6.63. The third kappa shape index (κ3) is 2.21. The van der Waals surface area contributed by atoms with Gasteiger partial charge in [-0.25, -0.2) is 0 Å². The molecule has 1 aliphatic rings. The molecule has 2 aromatic rings. The molecular formula is C11H13N5OS. The molecule has 6 nitrogen and oxygen atoms in total. The van der Waals surface area contributed by atoms with Gasteiger partial charge in [0, 0.05) is 10.9 Å². The number of carbonyl (C=O) groups excluding carboxylic acids is 1. The Hall–Kier alpha value is -1.89. The largest absolute Gasteiger partial charge is 0.366 e. The number of aromatic amines is 1. The Morgan fingerprint density at radius 3 is 3.00 bits per heavy atom. The fraction of sp³-hybridized carbons (Fsp3) is 0.364. The van der Waals surface area contributed by atoms with Crippen LogP contribution in [0.15, 0.2) is 17.5 Å². The standard InChI is InChI=1S/C11H13N5OS/c12-11-13-9(14-15-11)10(17)16(7-3-4-7)6-8-2-1-5-18-8/h1-2,5,7H,3-4,6H2,(H3,12,13,14,15). The number of nitrogens with zero attached hydrogens (tertiary/aromatic N) is 3. The number of aromatic nitrogens is 3. The summed E-state index contributed by atoms with van der Waals surface area (Å²) in [6.07, 6.45) is 2.11. The molecule has 0 aliphatic heterocycles. The summed E-state index contributed by atoms with van der Waals surface area (Å²) in [5, 5.41) is 8.28. The number of nitrogens with two attached hydrogens (primary N) is 1. The van der Waals surface area contributed by atoms with Gasteiger partial charge in [0.2, 0.25) is 11.8 Å². The Kier molecular flexibility index (Phi) is 2.75. The monoisotopic (exact) mass is 263 g/mol. The quantitative estimate of drug-likeness (QED) is 0.869. The molecule has 1 fully saturated rings. The molecule has 1 amide bonds. The summed E-state index contributed by atoms with van der Waals surface area (Å²) in [4.78, 5) is 19.2. The van der Waals surface area contributed by atoms with E-state index in [1.54, 1.807) is 11.3 Å². The fourth-order valence-electron chi connectivity index (χ4n) is 1.83. The zero-order valence-electron chi connectivity index (χ0n) is 9.67. The Morgan fingerprint density at radius 1 is 1.61 bits per heavy atom. The zero-order valence-corrected chi connectivity index (χ0v) is 10.5. The third-order valence-electron chi connectivity index (χ3n) is 2.86. The topological polar surface area (TPSA) is 87.9 Å². The maximum atomic E-state index is 12.3. The number of hydrogen-bond donors (Lipinski definition) is 2. The van der Waals surface area contributed by atoms with Gasteiger partial charge in [-0.3, -0.25) is 9.89 Å². The average molecular weight is 263 g/mol. The Balaban J connectivity index is 1.79. The summed E-state index contributed by atoms with van der Waals surface area (Å²) in [6.45, 7) is 0.627. The molecule has 1 saturated carbocycles. The Labute approximate surface area is 108 Å². The molecule has 3 rings (SSSR count). The molecule has 18 heavy (non-hydrogen) atoms. The first kappa shape index (κ1) is 11.2. The van der Waals surface area contributed by atoms with Crippen molar-refractivity contribution < 1.29 is 4.79 Å². The zero-order chi connectivity index (χ0) is 12.5. The Bertz CT molecular complexity index is 546. The van der Waals surface area contributed by atoms with Crippen LogP contribution in [0.4, 0.5) is 5.95 Å². The van der Waals surface area contributed by atoms with E-state index in [-0.39, 0.29) is 17.7 Å². The van der Waals surface area contributed by atoms with Crippen LogP contribution in [0.5, 0.6) is 0 Å². The number of amides is 1. The maximum Gasteiger partial charge on any atom is 0.291 e. The van der Waals surface area contributed by atoms with Crippen molar-refractivity contribution in [1.82, 2.24) is 20.1 Å². The average Bonchev–Trinajstić information content (AvgIpc) is 2.88. The van der Waals surface area contributed by atoms with Crippen LogP contribution in [0.1, 0.15) is 28.3 Å². The molecule has 94 valence electrons. The van der Waals surface area contributed by atoms with Gasteiger partial charge in [-0.2, -0.15) is 4.98 Å². The number of nitrogens with one attached hydrogen (secondary N) is 1. The molecule has 0 atom stereocenters. The third-order valence-corrected chi connectivity index (χ3v) is 3.72. The summed E-state index contributed by atoms with van der Waals surface area (Å²) in [7, 11) is 0. The highest BCUT2D eigenvalue weighted by Crippen LogP contribution is 2.30. The number of nitrogen functional groups attached to an aromatic ring is 1. The highest BCUT2D eigenvalue weighted by atomic mass is 32.1. The van der Waals surface area contributed by atoms with E-state index in [4.69, 9.17) is 5.73 Å². The van der Waals surface area contributed by atoms with Gasteiger partial charge >= 0.3 is 0 Å². The van der Waals surface area contributed by atoms with Crippen LogP contribution in [0.25, 0.3) is 0 Å². The number of carbonyl (C=O) groups is 1. The van der Waals surface area contributed by atoms with Crippen LogP contribution in [-0.4, -0.2) is 32.0 Å². The molecule has 2 aromatic heterocycles. The van der Waals surface area contributed by atoms with E-state index < -0.39 is 0 Å². The molecule has 0 spiro atoms. The van der Waals surface area contributed by atoms with Crippen LogP contribution in [0.3, 0.4) is 0 Å². The lowest BCUT2D eigenvalue weighted by Gasteiger charge is -2.20. The van der Waals surface area contributed by atoms with Crippen LogP contribution < -0.4 is 5.73 Å². The van der Waals surface area contributed by atoms with Gasteiger partial charge in [-0.05, 0) is 24.3 Å². The van der Waals surface area contributed by atoms with Gasteiger partial charge in [0.25, 0.3) is 5.91 Å². The van der Waals surface area contributed by atoms with Crippen LogP contribution in [0, 0.1) is 0 Å². The summed E-state index contributed by atoms with van der Waals surface area (Å²) < 4.78 is 0. The second kappa shape index (κ2) is 4.41. The van der Waals surface area contributed by atoms with Gasteiger partial charge < -0.3 is 10.6 Å². The molecule has 7 heteroatoms. The number of thiophene rings is 1. The van der Waals surface area contributed by atoms with E-state index in [1.807, 2.05) is 22.4 Å². The summed E-state index contributed by atoms with van der Waals surface area (Å²) >= 11 is 1.65. The van der Waals surface area contributed by atoms with Crippen molar-refractivity contribution in [2.24, 2.45) is 0 Å². The van der Waals surface area contributed by atoms with Crippen molar-refractivity contribution in [1.29, 1.82) is 0 Å². The molecule has 2 heterocycles. The maximum absolute atomic E-state index is 12.3. The minimum absolute atomic E-state index is 0.102. The summed E-state index contributed by atoms with van der Waals surface area (Å²) in [5.74, 6) is 0.191. The van der Waals surface area contributed by atoms with Gasteiger partial charge in [-0.15, -0.1) is 16.4 Å². The number of H-pyrrole nitrogens is 1. The predicted molar refractivity (Wildman–Crippen MR) is 68.0 cm³/mol. The van der Waals surface area contributed by atoms with Gasteiger partial charge in [0.05, 0.1) is 6.54 Å². The second-order valence-electron chi connectivity index (χ2n) is 4.29. The Morgan fingerprint density at radius 2 is 2.44 bits per heavy atom. The second-order valence-corrected chi connectivity index (χ2v) is 5.32. The molecule has 0 aromatic carbocycles. The first-order valence-electron chi connectivity index (χ1n) is 5.75. The lowest BCUT2D eigenvalue weighted by molar-refractivity contribution is 0.0719. The van der Waals surface area contributed by atoms with Crippen molar-refractivity contribution in [2.75, 3.05) is 5.73 Å². The molecule has 3 N–H and O–H groups in total. The van der Waals surface area contributed by atoms with E-state index in [9.17, 15) is 4.79 Å². The first-order chi connectivity index (χ1) is 8.74. The van der Waals surface area contributed by atoms with E-state index >= 15 is 0 Å². The predicted octanol–water partition coefficient (Wildman–Crippen LogP) is 1.25. The van der Waals surface area contributed by atoms with E-state index in [0.29, 0.717) is 12.6 Å². The van der Waals surface area contributed by atoms with Crippen LogP contribution >= 0.6 is 11.3 Å². The van der Waals surface area contributed by atoms with Crippen molar-refractivity contribution in [3.8, 4) is 0 Å². The van der Waals surface area contributed by atoms with E-state index in [2.05, 4.69) is 15.2 Å². The highest BCUT2D eigenvalue weighted by molar-refractivity contribution is 7.09. The lowest BCUT2D eigenvalue weighted by Crippen LogP contribution is -2.33. The summed E-state index contributed by atoms with van der Waals surface area (Å²) in [6, 6.07) is 4.34. The number of rotatable bonds is 4. The van der Waals surface area contributed by atoms with Crippen molar-refractivity contribution in [2.45, 2.75) is 25.4 Å². The van der Waals surface area contributed by atoms with Gasteiger partial charge in [0.15, 0.2) is 0 Å². The lowest BCUT2D eigenvalue weighted by atomic mass is 10.3. The molecule has 0 saturated heterocycles. The minimum atomic E-state index is -0.130. The van der Waals surface area contributed by atoms with Crippen molar-refractivity contribution >= 4 is 23.2 Å². The molecular weight excluding hydrogens is 250 g/mol.